The first kappa shape index (κ1) is 11.2. The smallest absolute Gasteiger partial charge is 0.310 e. The zero-order valence-electron chi connectivity index (χ0n) is 8.74. The van der Waals surface area contributed by atoms with Gasteiger partial charge in [0, 0.05) is 5.56 Å². The van der Waals surface area contributed by atoms with Crippen molar-refractivity contribution in [1.82, 2.24) is 0 Å². The molecule has 0 aliphatic heterocycles. The van der Waals surface area contributed by atoms with Crippen molar-refractivity contribution < 1.29 is 14.3 Å². The maximum atomic E-state index is 11.1. The predicted molar refractivity (Wildman–Crippen MR) is 57.5 cm³/mol. The minimum Gasteiger partial charge on any atom is -0.496 e. The molecule has 0 heterocycles. The van der Waals surface area contributed by atoms with Crippen LogP contribution < -0.4 is 16.2 Å². The summed E-state index contributed by atoms with van der Waals surface area (Å²) < 4.78 is 9.64. The second-order valence-corrected chi connectivity index (χ2v) is 3.00. The number of ether oxygens (including phenoxy) is 2. The van der Waals surface area contributed by atoms with E-state index in [1.54, 1.807) is 12.1 Å². The molecule has 0 bridgehead atoms. The van der Waals surface area contributed by atoms with E-state index in [2.05, 4.69) is 4.74 Å². The van der Waals surface area contributed by atoms with E-state index in [1.807, 2.05) is 0 Å². The van der Waals surface area contributed by atoms with Crippen LogP contribution >= 0.6 is 0 Å². The van der Waals surface area contributed by atoms with Gasteiger partial charge in [-0.3, -0.25) is 4.79 Å². The number of methoxy groups -OCH3 is 2. The molecule has 0 fully saturated rings. The highest BCUT2D eigenvalue weighted by molar-refractivity contribution is 5.80. The lowest BCUT2D eigenvalue weighted by atomic mass is 10.1. The molecule has 0 aromatic heterocycles. The maximum absolute atomic E-state index is 11.1. The Bertz CT molecular complexity index is 377. The molecule has 82 valence electrons. The lowest BCUT2D eigenvalue weighted by Crippen LogP contribution is -2.09. The van der Waals surface area contributed by atoms with E-state index in [4.69, 9.17) is 16.2 Å². The summed E-state index contributed by atoms with van der Waals surface area (Å²) in [6.45, 7) is 0. The third-order valence-electron chi connectivity index (χ3n) is 2.12. The van der Waals surface area contributed by atoms with Gasteiger partial charge in [-0.15, -0.1) is 0 Å². The van der Waals surface area contributed by atoms with Crippen molar-refractivity contribution in [3.63, 3.8) is 0 Å². The van der Waals surface area contributed by atoms with E-state index < -0.39 is 0 Å². The van der Waals surface area contributed by atoms with Gasteiger partial charge in [-0.1, -0.05) is 0 Å². The van der Waals surface area contributed by atoms with Gasteiger partial charge in [0.15, 0.2) is 0 Å². The highest BCUT2D eigenvalue weighted by atomic mass is 16.5. The van der Waals surface area contributed by atoms with E-state index >= 15 is 0 Å². The van der Waals surface area contributed by atoms with Gasteiger partial charge < -0.3 is 20.9 Å². The Hall–Kier alpha value is -1.91. The molecular weight excluding hydrogens is 196 g/mol. The molecule has 0 spiro atoms. The minimum absolute atomic E-state index is 0.0521. The number of esters is 1. The number of hydrogen-bond donors (Lipinski definition) is 2. The molecular formula is C10H14N2O3. The molecule has 0 aliphatic rings. The molecule has 0 saturated heterocycles. The summed E-state index contributed by atoms with van der Waals surface area (Å²) in [7, 11) is 2.82. The van der Waals surface area contributed by atoms with Gasteiger partial charge in [0.2, 0.25) is 0 Å². The molecule has 5 heteroatoms. The average Bonchev–Trinajstić information content (AvgIpc) is 2.25. The fourth-order valence-electron chi connectivity index (χ4n) is 1.25. The molecule has 4 N–H and O–H groups in total. The Morgan fingerprint density at radius 3 is 2.53 bits per heavy atom. The first-order valence-electron chi connectivity index (χ1n) is 4.37. The Morgan fingerprint density at radius 2 is 2.00 bits per heavy atom. The summed E-state index contributed by atoms with van der Waals surface area (Å²) in [4.78, 5) is 11.1. The average molecular weight is 210 g/mol. The third-order valence-corrected chi connectivity index (χ3v) is 2.12. The number of hydrogen-bond acceptors (Lipinski definition) is 5. The lowest BCUT2D eigenvalue weighted by molar-refractivity contribution is -0.139. The van der Waals surface area contributed by atoms with Crippen LogP contribution in [0.2, 0.25) is 0 Å². The van der Waals surface area contributed by atoms with Crippen LogP contribution in [0.25, 0.3) is 0 Å². The number of benzene rings is 1. The summed E-state index contributed by atoms with van der Waals surface area (Å²) >= 11 is 0. The van der Waals surface area contributed by atoms with Crippen molar-refractivity contribution in [2.45, 2.75) is 6.42 Å². The van der Waals surface area contributed by atoms with Gasteiger partial charge >= 0.3 is 5.97 Å². The van der Waals surface area contributed by atoms with E-state index in [-0.39, 0.29) is 12.4 Å². The predicted octanol–water partition coefficient (Wildman–Crippen LogP) is 0.575. The van der Waals surface area contributed by atoms with Gasteiger partial charge in [0.1, 0.15) is 5.75 Å². The number of carbonyl (C=O) groups is 1. The van der Waals surface area contributed by atoms with Crippen LogP contribution in [0.3, 0.4) is 0 Å². The minimum atomic E-state index is -0.384. The largest absolute Gasteiger partial charge is 0.496 e. The molecule has 15 heavy (non-hydrogen) atoms. The molecule has 1 aromatic rings. The number of anilines is 2. The van der Waals surface area contributed by atoms with E-state index in [0.717, 1.165) is 0 Å². The second-order valence-electron chi connectivity index (χ2n) is 3.00. The van der Waals surface area contributed by atoms with Crippen molar-refractivity contribution in [2.24, 2.45) is 0 Å². The quantitative estimate of drug-likeness (QED) is 0.562. The maximum Gasteiger partial charge on any atom is 0.310 e. The van der Waals surface area contributed by atoms with E-state index in [0.29, 0.717) is 22.7 Å². The molecule has 1 rings (SSSR count). The summed E-state index contributed by atoms with van der Waals surface area (Å²) in [6, 6.07) is 3.30. The van der Waals surface area contributed by atoms with Crippen molar-refractivity contribution in [1.29, 1.82) is 0 Å². The van der Waals surface area contributed by atoms with Crippen LogP contribution in [-0.2, 0) is 16.0 Å². The topological polar surface area (TPSA) is 87.6 Å². The summed E-state index contributed by atoms with van der Waals surface area (Å²) in [5.74, 6) is 0.151. The first-order valence-corrected chi connectivity index (χ1v) is 4.37. The molecule has 0 amide bonds. The standard InChI is InChI=1S/C10H14N2O3/c1-14-8-4-3-7(11)10(12)6(8)5-9(13)15-2/h3-4H,5,11-12H2,1-2H3. The Morgan fingerprint density at radius 1 is 1.33 bits per heavy atom. The molecule has 0 unspecified atom stereocenters. The molecule has 0 saturated carbocycles. The molecule has 0 radical (unpaired) electrons. The van der Waals surface area contributed by atoms with Gasteiger partial charge in [0.25, 0.3) is 0 Å². The summed E-state index contributed by atoms with van der Waals surface area (Å²) in [6.07, 6.45) is 0.0521. The second kappa shape index (κ2) is 4.54. The van der Waals surface area contributed by atoms with Crippen LogP contribution in [0.15, 0.2) is 12.1 Å². The lowest BCUT2D eigenvalue weighted by Gasteiger charge is -2.12. The number of rotatable bonds is 3. The van der Waals surface area contributed by atoms with Crippen LogP contribution in [0.4, 0.5) is 11.4 Å². The van der Waals surface area contributed by atoms with Crippen molar-refractivity contribution in [2.75, 3.05) is 25.7 Å². The normalized spacial score (nSPS) is 9.73. The Balaban J connectivity index is 3.12. The molecule has 1 aromatic carbocycles. The van der Waals surface area contributed by atoms with Crippen LogP contribution in [0, 0.1) is 0 Å². The van der Waals surface area contributed by atoms with Gasteiger partial charge in [-0.2, -0.15) is 0 Å². The van der Waals surface area contributed by atoms with Crippen molar-refractivity contribution in [3.05, 3.63) is 17.7 Å². The van der Waals surface area contributed by atoms with Crippen molar-refractivity contribution in [3.8, 4) is 5.75 Å². The number of nitrogens with two attached hydrogens (primary N) is 2. The van der Waals surface area contributed by atoms with Gasteiger partial charge in [0.05, 0.1) is 32.0 Å². The SMILES string of the molecule is COC(=O)Cc1c(OC)ccc(N)c1N. The van der Waals surface area contributed by atoms with Crippen LogP contribution in [0.5, 0.6) is 5.75 Å². The molecule has 0 aliphatic carbocycles. The van der Waals surface area contributed by atoms with Crippen molar-refractivity contribution >= 4 is 17.3 Å². The van der Waals surface area contributed by atoms with E-state index in [1.165, 1.54) is 14.2 Å². The summed E-state index contributed by atoms with van der Waals surface area (Å²) in [5, 5.41) is 0. The third kappa shape index (κ3) is 2.31. The fraction of sp³-hybridized carbons (Fsp3) is 0.300. The van der Waals surface area contributed by atoms with Gasteiger partial charge in [-0.05, 0) is 12.1 Å². The first-order chi connectivity index (χ1) is 7.10. The zero-order chi connectivity index (χ0) is 11.4. The number of nitrogen functional groups attached to an aromatic ring is 2. The Labute approximate surface area is 88.0 Å². The van der Waals surface area contributed by atoms with Gasteiger partial charge in [-0.25, -0.2) is 0 Å². The highest BCUT2D eigenvalue weighted by Gasteiger charge is 2.14. The summed E-state index contributed by atoms with van der Waals surface area (Å²) in [5.41, 5.74) is 12.7. The van der Waals surface area contributed by atoms with Crippen LogP contribution in [0.1, 0.15) is 5.56 Å². The van der Waals surface area contributed by atoms with E-state index in [9.17, 15) is 4.79 Å². The molecule has 0 atom stereocenters. The highest BCUT2D eigenvalue weighted by Crippen LogP contribution is 2.29. The monoisotopic (exact) mass is 210 g/mol. The Kier molecular flexibility index (Phi) is 3.38. The van der Waals surface area contributed by atoms with Crippen LogP contribution in [-0.4, -0.2) is 20.2 Å². The molecule has 5 nitrogen and oxygen atoms in total. The fourth-order valence-corrected chi connectivity index (χ4v) is 1.25. The number of carbonyl (C=O) groups excluding carboxylic acids is 1. The zero-order valence-corrected chi connectivity index (χ0v) is 8.74.